The summed E-state index contributed by atoms with van der Waals surface area (Å²) in [5.41, 5.74) is 1.30. The summed E-state index contributed by atoms with van der Waals surface area (Å²) in [5, 5.41) is 3.30. The third-order valence-electron chi connectivity index (χ3n) is 3.54. The molecule has 4 heteroatoms. The summed E-state index contributed by atoms with van der Waals surface area (Å²) in [6, 6.07) is 10.4. The molecule has 0 bridgehead atoms. The molecule has 1 aromatic carbocycles. The largest absolute Gasteiger partial charge is 0.389 e. The molecular formula is C16H24F3N. The van der Waals surface area contributed by atoms with Crippen LogP contribution in [0.15, 0.2) is 30.3 Å². The van der Waals surface area contributed by atoms with Crippen LogP contribution in [-0.2, 0) is 0 Å². The van der Waals surface area contributed by atoms with Crippen molar-refractivity contribution in [3.8, 4) is 0 Å². The topological polar surface area (TPSA) is 12.0 Å². The standard InChI is InChI=1S/C16H24F3N/c1-13(15-8-4-3-5-9-15)10-12-20-14(2)7-6-11-16(17,18)19/h3-5,8-9,13-14,20H,6-7,10-12H2,1-2H3. The summed E-state index contributed by atoms with van der Waals surface area (Å²) >= 11 is 0. The first kappa shape index (κ1) is 17.0. The number of hydrogen-bond acceptors (Lipinski definition) is 1. The van der Waals surface area contributed by atoms with Crippen LogP contribution in [0.4, 0.5) is 13.2 Å². The van der Waals surface area contributed by atoms with Gasteiger partial charge in [-0.1, -0.05) is 37.3 Å². The molecule has 1 aromatic rings. The van der Waals surface area contributed by atoms with E-state index in [9.17, 15) is 13.2 Å². The predicted octanol–water partition coefficient (Wildman–Crippen LogP) is 4.89. The number of benzene rings is 1. The number of hydrogen-bond donors (Lipinski definition) is 1. The van der Waals surface area contributed by atoms with E-state index in [1.807, 2.05) is 25.1 Å². The quantitative estimate of drug-likeness (QED) is 0.717. The predicted molar refractivity (Wildman–Crippen MR) is 76.8 cm³/mol. The Morgan fingerprint density at radius 1 is 1.05 bits per heavy atom. The summed E-state index contributed by atoms with van der Waals surface area (Å²) in [5.74, 6) is 0.464. The minimum absolute atomic E-state index is 0.139. The molecule has 114 valence electrons. The molecule has 20 heavy (non-hydrogen) atoms. The Bertz CT molecular complexity index is 362. The maximum absolute atomic E-state index is 12.0. The summed E-state index contributed by atoms with van der Waals surface area (Å²) in [7, 11) is 0. The second-order valence-electron chi connectivity index (χ2n) is 5.46. The van der Waals surface area contributed by atoms with Crippen molar-refractivity contribution in [1.29, 1.82) is 0 Å². The number of halogens is 3. The van der Waals surface area contributed by atoms with Gasteiger partial charge in [-0.15, -0.1) is 0 Å². The SMILES string of the molecule is CC(CCCC(F)(F)F)NCCC(C)c1ccccc1. The lowest BCUT2D eigenvalue weighted by atomic mass is 9.98. The second-order valence-corrected chi connectivity index (χ2v) is 5.46. The summed E-state index contributed by atoms with van der Waals surface area (Å²) in [6.07, 6.45) is -2.94. The summed E-state index contributed by atoms with van der Waals surface area (Å²) < 4.78 is 36.1. The van der Waals surface area contributed by atoms with Crippen molar-refractivity contribution < 1.29 is 13.2 Å². The van der Waals surface area contributed by atoms with Gasteiger partial charge in [0.15, 0.2) is 0 Å². The molecule has 0 fully saturated rings. The maximum atomic E-state index is 12.0. The molecule has 0 aliphatic rings. The van der Waals surface area contributed by atoms with Crippen molar-refractivity contribution in [3.63, 3.8) is 0 Å². The van der Waals surface area contributed by atoms with E-state index in [1.54, 1.807) is 0 Å². The van der Waals surface area contributed by atoms with Crippen molar-refractivity contribution in [2.24, 2.45) is 0 Å². The van der Waals surface area contributed by atoms with Gasteiger partial charge in [-0.2, -0.15) is 13.2 Å². The third-order valence-corrected chi connectivity index (χ3v) is 3.54. The first-order valence-corrected chi connectivity index (χ1v) is 7.23. The van der Waals surface area contributed by atoms with Crippen molar-refractivity contribution in [2.45, 2.75) is 57.7 Å². The molecule has 0 aliphatic carbocycles. The Morgan fingerprint density at radius 2 is 1.70 bits per heavy atom. The van der Waals surface area contributed by atoms with Crippen LogP contribution in [0, 0.1) is 0 Å². The Hall–Kier alpha value is -1.03. The van der Waals surface area contributed by atoms with E-state index in [-0.39, 0.29) is 12.5 Å². The van der Waals surface area contributed by atoms with E-state index < -0.39 is 12.6 Å². The molecule has 2 atom stereocenters. The van der Waals surface area contributed by atoms with Crippen LogP contribution >= 0.6 is 0 Å². The summed E-state index contributed by atoms with van der Waals surface area (Å²) in [4.78, 5) is 0. The van der Waals surface area contributed by atoms with E-state index in [1.165, 1.54) is 5.56 Å². The van der Waals surface area contributed by atoms with Crippen molar-refractivity contribution in [1.82, 2.24) is 5.32 Å². The molecule has 0 saturated heterocycles. The van der Waals surface area contributed by atoms with Crippen LogP contribution in [-0.4, -0.2) is 18.8 Å². The first-order chi connectivity index (χ1) is 9.38. The minimum atomic E-state index is -4.03. The maximum Gasteiger partial charge on any atom is 0.389 e. The van der Waals surface area contributed by atoms with Gasteiger partial charge < -0.3 is 5.32 Å². The number of alkyl halides is 3. The van der Waals surface area contributed by atoms with Gasteiger partial charge in [0.2, 0.25) is 0 Å². The highest BCUT2D eigenvalue weighted by Crippen LogP contribution is 2.22. The van der Waals surface area contributed by atoms with Crippen LogP contribution in [0.25, 0.3) is 0 Å². The summed E-state index contributed by atoms with van der Waals surface area (Å²) in [6.45, 7) is 4.96. The van der Waals surface area contributed by atoms with E-state index in [0.29, 0.717) is 12.3 Å². The first-order valence-electron chi connectivity index (χ1n) is 7.23. The fourth-order valence-electron chi connectivity index (χ4n) is 2.21. The van der Waals surface area contributed by atoms with Gasteiger partial charge in [0.25, 0.3) is 0 Å². The van der Waals surface area contributed by atoms with Gasteiger partial charge in [-0.25, -0.2) is 0 Å². The minimum Gasteiger partial charge on any atom is -0.314 e. The normalized spacial score (nSPS) is 15.1. The molecule has 2 unspecified atom stereocenters. The van der Waals surface area contributed by atoms with Gasteiger partial charge in [-0.05, 0) is 44.2 Å². The average Bonchev–Trinajstić information content (AvgIpc) is 2.38. The zero-order valence-electron chi connectivity index (χ0n) is 12.2. The Balaban J connectivity index is 2.14. The molecule has 0 spiro atoms. The molecule has 1 N–H and O–H groups in total. The van der Waals surface area contributed by atoms with Crippen LogP contribution in [0.2, 0.25) is 0 Å². The number of nitrogens with one attached hydrogen (secondary N) is 1. The fraction of sp³-hybridized carbons (Fsp3) is 0.625. The molecule has 0 heterocycles. The van der Waals surface area contributed by atoms with Gasteiger partial charge in [0, 0.05) is 12.5 Å². The molecule has 0 amide bonds. The highest BCUT2D eigenvalue weighted by Gasteiger charge is 2.26. The van der Waals surface area contributed by atoms with Crippen molar-refractivity contribution in [2.75, 3.05) is 6.54 Å². The number of rotatable bonds is 8. The lowest BCUT2D eigenvalue weighted by Crippen LogP contribution is -2.28. The van der Waals surface area contributed by atoms with Gasteiger partial charge in [0.05, 0.1) is 0 Å². The van der Waals surface area contributed by atoms with Crippen molar-refractivity contribution in [3.05, 3.63) is 35.9 Å². The molecule has 0 aromatic heterocycles. The Labute approximate surface area is 119 Å². The molecular weight excluding hydrogens is 263 g/mol. The smallest absolute Gasteiger partial charge is 0.314 e. The van der Waals surface area contributed by atoms with Gasteiger partial charge in [0.1, 0.15) is 0 Å². The van der Waals surface area contributed by atoms with E-state index in [2.05, 4.69) is 24.4 Å². The second kappa shape index (κ2) is 8.30. The van der Waals surface area contributed by atoms with E-state index in [0.717, 1.165) is 13.0 Å². The van der Waals surface area contributed by atoms with Crippen LogP contribution in [0.1, 0.15) is 51.0 Å². The average molecular weight is 287 g/mol. The molecule has 1 rings (SSSR count). The van der Waals surface area contributed by atoms with Crippen LogP contribution in [0.5, 0.6) is 0 Å². The Morgan fingerprint density at radius 3 is 2.30 bits per heavy atom. The third kappa shape index (κ3) is 7.53. The van der Waals surface area contributed by atoms with Crippen LogP contribution < -0.4 is 5.32 Å². The zero-order valence-corrected chi connectivity index (χ0v) is 12.2. The lowest BCUT2D eigenvalue weighted by molar-refractivity contribution is -0.135. The van der Waals surface area contributed by atoms with E-state index in [4.69, 9.17) is 0 Å². The van der Waals surface area contributed by atoms with Crippen molar-refractivity contribution >= 4 is 0 Å². The zero-order chi connectivity index (χ0) is 15.0. The van der Waals surface area contributed by atoms with Gasteiger partial charge in [-0.3, -0.25) is 0 Å². The van der Waals surface area contributed by atoms with Gasteiger partial charge >= 0.3 is 6.18 Å². The molecule has 0 aliphatic heterocycles. The monoisotopic (exact) mass is 287 g/mol. The fourth-order valence-corrected chi connectivity index (χ4v) is 2.21. The van der Waals surface area contributed by atoms with Crippen LogP contribution in [0.3, 0.4) is 0 Å². The molecule has 0 saturated carbocycles. The highest BCUT2D eigenvalue weighted by atomic mass is 19.4. The highest BCUT2D eigenvalue weighted by molar-refractivity contribution is 5.18. The molecule has 0 radical (unpaired) electrons. The Kier molecular flexibility index (Phi) is 7.06. The lowest BCUT2D eigenvalue weighted by Gasteiger charge is -2.17. The molecule has 1 nitrogen and oxygen atoms in total. The van der Waals surface area contributed by atoms with E-state index >= 15 is 0 Å².